The van der Waals surface area contributed by atoms with Gasteiger partial charge in [0, 0.05) is 6.54 Å². The zero-order valence-electron chi connectivity index (χ0n) is 16.4. The highest BCUT2D eigenvalue weighted by atomic mass is 32.3. The van der Waals surface area contributed by atoms with Crippen molar-refractivity contribution >= 4 is 22.2 Å². The first-order chi connectivity index (χ1) is 14.2. The molecule has 0 amide bonds. The molecule has 29 heavy (non-hydrogen) atoms. The molecule has 152 valence electrons. The second-order valence-corrected chi connectivity index (χ2v) is 9.60. The first-order valence-electron chi connectivity index (χ1n) is 10.1. The number of para-hydroxylation sites is 2. The molecule has 0 saturated heterocycles. The number of benzene rings is 3. The zero-order chi connectivity index (χ0) is 20.1. The van der Waals surface area contributed by atoms with E-state index < -0.39 is 10.8 Å². The summed E-state index contributed by atoms with van der Waals surface area (Å²) in [6.07, 6.45) is 2.36. The Morgan fingerprint density at radius 1 is 0.862 bits per heavy atom. The van der Waals surface area contributed by atoms with Gasteiger partial charge in [0.15, 0.2) is 0 Å². The van der Waals surface area contributed by atoms with Crippen molar-refractivity contribution in [2.24, 2.45) is 0 Å². The van der Waals surface area contributed by atoms with Gasteiger partial charge in [-0.25, -0.2) is 4.31 Å². The SMILES string of the molecule is OS1(O)C(CCCNCc2ccccc2)Cc2ccccc2N1c1ccccc1. The average molecular weight is 409 g/mol. The molecule has 4 rings (SSSR count). The van der Waals surface area contributed by atoms with Crippen LogP contribution in [0.2, 0.25) is 0 Å². The van der Waals surface area contributed by atoms with Crippen LogP contribution in [0.25, 0.3) is 0 Å². The maximum Gasteiger partial charge on any atom is 0.0733 e. The molecular weight excluding hydrogens is 380 g/mol. The molecule has 1 aliphatic heterocycles. The van der Waals surface area contributed by atoms with Gasteiger partial charge in [-0.2, -0.15) is 0 Å². The highest BCUT2D eigenvalue weighted by molar-refractivity contribution is 8.26. The van der Waals surface area contributed by atoms with Crippen LogP contribution in [0.5, 0.6) is 0 Å². The Kier molecular flexibility index (Phi) is 6.21. The minimum absolute atomic E-state index is 0.184. The molecule has 4 nitrogen and oxygen atoms in total. The lowest BCUT2D eigenvalue weighted by atomic mass is 10.0. The lowest BCUT2D eigenvalue weighted by Crippen LogP contribution is -2.38. The molecule has 3 N–H and O–H groups in total. The van der Waals surface area contributed by atoms with Crippen LogP contribution < -0.4 is 9.62 Å². The Bertz CT molecular complexity index is 918. The third-order valence-corrected chi connectivity index (χ3v) is 7.66. The molecule has 0 spiro atoms. The lowest BCUT2D eigenvalue weighted by Gasteiger charge is -2.53. The number of hydrogen-bond acceptors (Lipinski definition) is 4. The summed E-state index contributed by atoms with van der Waals surface area (Å²) in [5.41, 5.74) is 4.16. The van der Waals surface area contributed by atoms with E-state index in [4.69, 9.17) is 0 Å². The van der Waals surface area contributed by atoms with Crippen LogP contribution >= 0.6 is 10.8 Å². The van der Waals surface area contributed by atoms with E-state index in [9.17, 15) is 9.11 Å². The van der Waals surface area contributed by atoms with Crippen molar-refractivity contribution < 1.29 is 9.11 Å². The minimum Gasteiger partial charge on any atom is -0.313 e. The van der Waals surface area contributed by atoms with Crippen LogP contribution in [-0.2, 0) is 13.0 Å². The molecule has 5 heteroatoms. The van der Waals surface area contributed by atoms with E-state index in [1.54, 1.807) is 4.31 Å². The number of hydrogen-bond donors (Lipinski definition) is 3. The molecular formula is C24H28N2O2S. The van der Waals surface area contributed by atoms with Gasteiger partial charge in [0.2, 0.25) is 0 Å². The first-order valence-corrected chi connectivity index (χ1v) is 11.7. The molecule has 0 bridgehead atoms. The fraction of sp³-hybridized carbons (Fsp3) is 0.250. The number of rotatable bonds is 7. The van der Waals surface area contributed by atoms with Crippen molar-refractivity contribution in [3.05, 3.63) is 96.1 Å². The van der Waals surface area contributed by atoms with Gasteiger partial charge in [0.1, 0.15) is 0 Å². The van der Waals surface area contributed by atoms with Crippen LogP contribution in [-0.4, -0.2) is 20.9 Å². The van der Waals surface area contributed by atoms with Gasteiger partial charge in [0.25, 0.3) is 0 Å². The normalized spacial score (nSPS) is 18.8. The predicted octanol–water partition coefficient (Wildman–Crippen LogP) is 5.99. The highest BCUT2D eigenvalue weighted by Crippen LogP contribution is 2.60. The fourth-order valence-corrected chi connectivity index (χ4v) is 6.02. The van der Waals surface area contributed by atoms with Crippen molar-refractivity contribution in [1.82, 2.24) is 5.32 Å². The summed E-state index contributed by atoms with van der Waals surface area (Å²) in [5.74, 6) is 0. The van der Waals surface area contributed by atoms with E-state index >= 15 is 0 Å². The quantitative estimate of drug-likeness (QED) is 0.421. The van der Waals surface area contributed by atoms with Crippen molar-refractivity contribution in [3.63, 3.8) is 0 Å². The van der Waals surface area contributed by atoms with Gasteiger partial charge in [-0.3, -0.25) is 9.11 Å². The van der Waals surface area contributed by atoms with Crippen molar-refractivity contribution in [2.75, 3.05) is 10.8 Å². The number of nitrogens with zero attached hydrogens (tertiary/aromatic N) is 1. The number of fused-ring (bicyclic) bond motifs is 1. The number of anilines is 2. The van der Waals surface area contributed by atoms with E-state index in [1.807, 2.05) is 66.7 Å². The monoisotopic (exact) mass is 408 g/mol. The van der Waals surface area contributed by atoms with E-state index in [2.05, 4.69) is 23.5 Å². The summed E-state index contributed by atoms with van der Waals surface area (Å²) in [7, 11) is -2.96. The standard InChI is InChI=1S/C24H28N2O2S/c27-29(28)23(15-9-17-25-19-20-10-3-1-4-11-20)18-21-12-7-8-16-24(21)26(29)22-13-5-2-6-14-22/h1-8,10-14,16,23,25,27-28H,9,15,17-19H2. The van der Waals surface area contributed by atoms with E-state index in [0.717, 1.165) is 37.3 Å². The Morgan fingerprint density at radius 3 is 2.28 bits per heavy atom. The second-order valence-electron chi connectivity index (χ2n) is 7.45. The molecule has 1 atom stereocenters. The largest absolute Gasteiger partial charge is 0.313 e. The highest BCUT2D eigenvalue weighted by Gasteiger charge is 2.38. The van der Waals surface area contributed by atoms with Crippen LogP contribution in [0, 0.1) is 0 Å². The zero-order valence-corrected chi connectivity index (χ0v) is 17.3. The van der Waals surface area contributed by atoms with Crippen LogP contribution in [0.1, 0.15) is 24.0 Å². The van der Waals surface area contributed by atoms with E-state index in [1.165, 1.54) is 11.1 Å². The lowest BCUT2D eigenvalue weighted by molar-refractivity contribution is 0.453. The van der Waals surface area contributed by atoms with Crippen LogP contribution in [0.15, 0.2) is 84.9 Å². The predicted molar refractivity (Wildman–Crippen MR) is 123 cm³/mol. The van der Waals surface area contributed by atoms with Crippen LogP contribution in [0.3, 0.4) is 0 Å². The molecule has 0 fully saturated rings. The Hall–Kier alpha value is -2.31. The third-order valence-electron chi connectivity index (χ3n) is 5.42. The molecule has 1 unspecified atom stereocenters. The summed E-state index contributed by atoms with van der Waals surface area (Å²) in [4.78, 5) is 0. The topological polar surface area (TPSA) is 55.7 Å². The second kappa shape index (κ2) is 9.01. The molecule has 1 aliphatic rings. The Morgan fingerprint density at radius 2 is 1.52 bits per heavy atom. The maximum absolute atomic E-state index is 11.3. The molecule has 0 aliphatic carbocycles. The Labute approximate surface area is 174 Å². The summed E-state index contributed by atoms with van der Waals surface area (Å²) in [6.45, 7) is 1.69. The minimum atomic E-state index is -2.96. The van der Waals surface area contributed by atoms with Crippen molar-refractivity contribution in [2.45, 2.75) is 31.1 Å². The van der Waals surface area contributed by atoms with E-state index in [-0.39, 0.29) is 5.25 Å². The molecule has 3 aromatic rings. The summed E-state index contributed by atoms with van der Waals surface area (Å²) in [5, 5.41) is 3.28. The van der Waals surface area contributed by atoms with Crippen molar-refractivity contribution in [1.29, 1.82) is 0 Å². The van der Waals surface area contributed by atoms with Gasteiger partial charge >= 0.3 is 0 Å². The van der Waals surface area contributed by atoms with Gasteiger partial charge in [0.05, 0.1) is 16.6 Å². The average Bonchev–Trinajstić information content (AvgIpc) is 2.75. The number of nitrogens with one attached hydrogen (secondary N) is 1. The third kappa shape index (κ3) is 4.49. The van der Waals surface area contributed by atoms with Crippen molar-refractivity contribution in [3.8, 4) is 0 Å². The fourth-order valence-electron chi connectivity index (χ4n) is 3.93. The maximum atomic E-state index is 11.3. The molecule has 3 aromatic carbocycles. The Balaban J connectivity index is 1.45. The summed E-state index contributed by atoms with van der Waals surface area (Å²) < 4.78 is 24.3. The van der Waals surface area contributed by atoms with Gasteiger partial charge in [-0.05, 0) is 55.1 Å². The molecule has 0 saturated carbocycles. The molecule has 1 heterocycles. The smallest absolute Gasteiger partial charge is 0.0733 e. The van der Waals surface area contributed by atoms with Gasteiger partial charge < -0.3 is 5.32 Å². The van der Waals surface area contributed by atoms with Crippen LogP contribution in [0.4, 0.5) is 11.4 Å². The molecule has 0 aromatic heterocycles. The van der Waals surface area contributed by atoms with E-state index in [0.29, 0.717) is 6.42 Å². The van der Waals surface area contributed by atoms with Gasteiger partial charge in [-0.1, -0.05) is 66.7 Å². The first kappa shape index (κ1) is 20.0. The summed E-state index contributed by atoms with van der Waals surface area (Å²) in [6, 6.07) is 28.1. The molecule has 0 radical (unpaired) electrons. The van der Waals surface area contributed by atoms with Gasteiger partial charge in [-0.15, -0.1) is 10.8 Å². The summed E-state index contributed by atoms with van der Waals surface area (Å²) >= 11 is 0.